The largest absolute Gasteiger partial charge is 0.444 e. The van der Waals surface area contributed by atoms with Crippen LogP contribution in [0.5, 0.6) is 0 Å². The molecule has 0 radical (unpaired) electrons. The third-order valence-corrected chi connectivity index (χ3v) is 5.15. The number of carbonyl (C=O) groups is 2. The van der Waals surface area contributed by atoms with Gasteiger partial charge in [0.05, 0.1) is 18.8 Å². The quantitative estimate of drug-likeness (QED) is 0.560. The molecule has 2 atom stereocenters. The number of oxazole rings is 1. The Morgan fingerprint density at radius 2 is 1.94 bits per heavy atom. The average molecular weight is 442 g/mol. The Hall–Kier alpha value is -3.30. The molecule has 1 saturated heterocycles. The lowest BCUT2D eigenvalue weighted by atomic mass is 10.0. The number of anilines is 1. The van der Waals surface area contributed by atoms with E-state index in [-0.39, 0.29) is 17.8 Å². The van der Waals surface area contributed by atoms with Gasteiger partial charge in [-0.3, -0.25) is 14.5 Å². The maximum Gasteiger partial charge on any atom is 0.248 e. The molecule has 3 aromatic rings. The predicted molar refractivity (Wildman–Crippen MR) is 112 cm³/mol. The van der Waals surface area contributed by atoms with Crippen LogP contribution in [0.2, 0.25) is 0 Å². The molecule has 1 aliphatic heterocycles. The zero-order chi connectivity index (χ0) is 21.6. The Morgan fingerprint density at radius 1 is 1.16 bits per heavy atom. The van der Waals surface area contributed by atoms with E-state index in [2.05, 4.69) is 20.3 Å². The van der Waals surface area contributed by atoms with Crippen LogP contribution in [0.4, 0.5) is 5.69 Å². The summed E-state index contributed by atoms with van der Waals surface area (Å²) < 4.78 is 10.7. The minimum absolute atomic E-state index is 0.124. The summed E-state index contributed by atoms with van der Waals surface area (Å²) in [6.07, 6.45) is 8.04. The molecule has 4 rings (SSSR count). The number of aromatic nitrogens is 3. The first-order chi connectivity index (χ1) is 15.2. The second-order valence-corrected chi connectivity index (χ2v) is 7.22. The third kappa shape index (κ3) is 4.73. The van der Waals surface area contributed by atoms with E-state index in [1.165, 1.54) is 30.0 Å². The van der Waals surface area contributed by atoms with E-state index < -0.39 is 11.9 Å². The third-order valence-electron chi connectivity index (χ3n) is 4.92. The molecule has 10 heteroatoms. The van der Waals surface area contributed by atoms with E-state index in [9.17, 15) is 9.59 Å². The highest BCUT2D eigenvalue weighted by Gasteiger charge is 2.34. The van der Waals surface area contributed by atoms with Crippen molar-refractivity contribution in [3.63, 3.8) is 0 Å². The molecule has 1 N–H and O–H groups in total. The van der Waals surface area contributed by atoms with Gasteiger partial charge in [0.1, 0.15) is 18.2 Å². The lowest BCUT2D eigenvalue weighted by Gasteiger charge is -2.31. The fourth-order valence-corrected chi connectivity index (χ4v) is 3.57. The van der Waals surface area contributed by atoms with Crippen LogP contribution >= 0.6 is 11.6 Å². The van der Waals surface area contributed by atoms with Crippen molar-refractivity contribution in [3.05, 3.63) is 61.1 Å². The highest BCUT2D eigenvalue weighted by molar-refractivity contribution is 6.29. The summed E-state index contributed by atoms with van der Waals surface area (Å²) in [5.74, 6) is -0.494. The highest BCUT2D eigenvalue weighted by Crippen LogP contribution is 2.30. The average Bonchev–Trinajstić information content (AvgIpc) is 3.52. The molecule has 2 amide bonds. The SMILES string of the molecule is O=C(NC1CCOC1)C(c1cncnc1)N(C(=O)CCl)c1ccc(-c2cnco2)cc1. The first kappa shape index (κ1) is 21.0. The molecule has 1 aliphatic rings. The summed E-state index contributed by atoms with van der Waals surface area (Å²) in [4.78, 5) is 39.5. The number of carbonyl (C=O) groups excluding carboxylic acids is 2. The molecule has 0 saturated carbocycles. The van der Waals surface area contributed by atoms with E-state index >= 15 is 0 Å². The van der Waals surface area contributed by atoms with Crippen LogP contribution in [-0.2, 0) is 14.3 Å². The van der Waals surface area contributed by atoms with Crippen LogP contribution in [0.3, 0.4) is 0 Å². The second kappa shape index (κ2) is 9.67. The molecule has 2 unspecified atom stereocenters. The van der Waals surface area contributed by atoms with Gasteiger partial charge in [-0.15, -0.1) is 11.6 Å². The van der Waals surface area contributed by atoms with E-state index in [0.29, 0.717) is 36.6 Å². The van der Waals surface area contributed by atoms with Crippen molar-refractivity contribution in [2.75, 3.05) is 24.0 Å². The Balaban J connectivity index is 1.70. The van der Waals surface area contributed by atoms with Crippen LogP contribution in [0.25, 0.3) is 11.3 Å². The summed E-state index contributed by atoms with van der Waals surface area (Å²) in [6.45, 7) is 1.01. The normalized spacial score (nSPS) is 16.6. The van der Waals surface area contributed by atoms with Gasteiger partial charge in [-0.2, -0.15) is 0 Å². The molecule has 0 spiro atoms. The molecule has 1 aromatic carbocycles. The minimum atomic E-state index is -0.996. The fourth-order valence-electron chi connectivity index (χ4n) is 3.44. The van der Waals surface area contributed by atoms with Crippen LogP contribution in [-0.4, -0.2) is 51.9 Å². The standard InChI is InChI=1S/C21H20ClN5O4/c22-7-19(28)27(17-3-1-14(2-4-17)18-10-25-13-31-18)20(15-8-23-12-24-9-15)21(29)26-16-5-6-30-11-16/h1-4,8-10,12-13,16,20H,5-7,11H2,(H,26,29). The maximum atomic E-state index is 13.3. The topological polar surface area (TPSA) is 110 Å². The number of amides is 2. The molecule has 9 nitrogen and oxygen atoms in total. The predicted octanol–water partition coefficient (Wildman–Crippen LogP) is 2.35. The summed E-state index contributed by atoms with van der Waals surface area (Å²) in [6, 6.07) is 5.90. The molecule has 160 valence electrons. The molecule has 31 heavy (non-hydrogen) atoms. The highest BCUT2D eigenvalue weighted by atomic mass is 35.5. The van der Waals surface area contributed by atoms with Gasteiger partial charge in [0.25, 0.3) is 0 Å². The number of rotatable bonds is 7. The Morgan fingerprint density at radius 3 is 2.55 bits per heavy atom. The number of hydrogen-bond acceptors (Lipinski definition) is 7. The zero-order valence-corrected chi connectivity index (χ0v) is 17.2. The van der Waals surface area contributed by atoms with Crippen molar-refractivity contribution in [3.8, 4) is 11.3 Å². The van der Waals surface area contributed by atoms with Gasteiger partial charge >= 0.3 is 0 Å². The van der Waals surface area contributed by atoms with E-state index in [1.807, 2.05) is 0 Å². The van der Waals surface area contributed by atoms with Crippen LogP contribution in [0, 0.1) is 0 Å². The number of nitrogens with one attached hydrogen (secondary N) is 1. The molecule has 0 aliphatic carbocycles. The second-order valence-electron chi connectivity index (χ2n) is 6.95. The van der Waals surface area contributed by atoms with Gasteiger partial charge in [0.15, 0.2) is 12.2 Å². The van der Waals surface area contributed by atoms with Crippen LogP contribution in [0.1, 0.15) is 18.0 Å². The number of nitrogens with zero attached hydrogens (tertiary/aromatic N) is 4. The van der Waals surface area contributed by atoms with Gasteiger partial charge in [-0.25, -0.2) is 15.0 Å². The van der Waals surface area contributed by atoms with Gasteiger partial charge in [-0.05, 0) is 30.7 Å². The molecule has 1 fully saturated rings. The van der Waals surface area contributed by atoms with Gasteiger partial charge < -0.3 is 14.5 Å². The molecule has 2 aromatic heterocycles. The summed E-state index contributed by atoms with van der Waals surface area (Å²) >= 11 is 5.92. The monoisotopic (exact) mass is 441 g/mol. The van der Waals surface area contributed by atoms with Crippen LogP contribution in [0.15, 0.2) is 60.0 Å². The van der Waals surface area contributed by atoms with E-state index in [1.54, 1.807) is 30.5 Å². The van der Waals surface area contributed by atoms with E-state index in [4.69, 9.17) is 20.8 Å². The first-order valence-corrected chi connectivity index (χ1v) is 10.2. The number of benzene rings is 1. The molecule has 0 bridgehead atoms. The molecule has 3 heterocycles. The Kier molecular flexibility index (Phi) is 6.54. The van der Waals surface area contributed by atoms with Crippen molar-refractivity contribution >= 4 is 29.1 Å². The summed E-state index contributed by atoms with van der Waals surface area (Å²) in [5.41, 5.74) is 1.75. The van der Waals surface area contributed by atoms with Gasteiger partial charge in [0, 0.05) is 35.8 Å². The molecular weight excluding hydrogens is 422 g/mol. The lowest BCUT2D eigenvalue weighted by Crippen LogP contribution is -2.47. The number of alkyl halides is 1. The van der Waals surface area contributed by atoms with Crippen molar-refractivity contribution in [2.45, 2.75) is 18.5 Å². The number of ether oxygens (including phenoxy) is 1. The maximum absolute atomic E-state index is 13.3. The zero-order valence-electron chi connectivity index (χ0n) is 16.5. The van der Waals surface area contributed by atoms with Crippen molar-refractivity contribution in [1.82, 2.24) is 20.3 Å². The Bertz CT molecular complexity index is 1010. The van der Waals surface area contributed by atoms with Gasteiger partial charge in [0.2, 0.25) is 11.8 Å². The number of hydrogen-bond donors (Lipinski definition) is 1. The van der Waals surface area contributed by atoms with E-state index in [0.717, 1.165) is 5.56 Å². The smallest absolute Gasteiger partial charge is 0.248 e. The van der Waals surface area contributed by atoms with Crippen molar-refractivity contribution in [2.24, 2.45) is 0 Å². The van der Waals surface area contributed by atoms with Crippen LogP contribution < -0.4 is 10.2 Å². The van der Waals surface area contributed by atoms with Gasteiger partial charge in [-0.1, -0.05) is 0 Å². The fraction of sp³-hybridized carbons (Fsp3) is 0.286. The summed E-state index contributed by atoms with van der Waals surface area (Å²) in [5, 5.41) is 2.96. The lowest BCUT2D eigenvalue weighted by molar-refractivity contribution is -0.126. The minimum Gasteiger partial charge on any atom is -0.444 e. The molecular formula is C21H20ClN5O4. The summed E-state index contributed by atoms with van der Waals surface area (Å²) in [7, 11) is 0. The Labute approximate surface area is 183 Å². The van der Waals surface area contributed by atoms with Crippen molar-refractivity contribution < 1.29 is 18.7 Å². The number of halogens is 1. The first-order valence-electron chi connectivity index (χ1n) is 9.67. The van der Waals surface area contributed by atoms with Crippen molar-refractivity contribution in [1.29, 1.82) is 0 Å².